The van der Waals surface area contributed by atoms with Gasteiger partial charge in [0.25, 0.3) is 0 Å². The zero-order valence-corrected chi connectivity index (χ0v) is 11.3. The number of rotatable bonds is 3. The molecule has 1 fully saturated rings. The highest BCUT2D eigenvalue weighted by Gasteiger charge is 2.41. The van der Waals surface area contributed by atoms with Gasteiger partial charge in [-0.3, -0.25) is 0 Å². The van der Waals surface area contributed by atoms with Crippen LogP contribution in [0, 0.1) is 11.7 Å². The Morgan fingerprint density at radius 2 is 1.90 bits per heavy atom. The topological polar surface area (TPSA) is 15.3 Å². The van der Waals surface area contributed by atoms with Gasteiger partial charge in [0.1, 0.15) is 5.82 Å². The van der Waals surface area contributed by atoms with Crippen LogP contribution in [0.5, 0.6) is 0 Å². The molecule has 2 rings (SSSR count). The molecule has 0 spiro atoms. The zero-order chi connectivity index (χ0) is 14.8. The molecule has 0 aromatic heterocycles. The minimum absolute atomic E-state index is 0.0685. The van der Waals surface area contributed by atoms with Gasteiger partial charge in [-0.15, -0.1) is 0 Å². The maximum atomic E-state index is 13.8. The molecule has 20 heavy (non-hydrogen) atoms. The number of benzene rings is 1. The Labute approximate surface area is 115 Å². The smallest absolute Gasteiger partial charge is 0.371 e. The molecular weight excluding hydrogens is 272 g/mol. The Morgan fingerprint density at radius 3 is 2.45 bits per heavy atom. The fourth-order valence-electron chi connectivity index (χ4n) is 2.64. The second-order valence-electron chi connectivity index (χ2n) is 5.07. The number of nitrogens with one attached hydrogen (secondary N) is 1. The minimum atomic E-state index is -4.12. The average Bonchev–Trinajstić information content (AvgIpc) is 2.40. The molecule has 1 aliphatic rings. The van der Waals surface area contributed by atoms with E-state index >= 15 is 0 Å². The molecule has 1 aliphatic heterocycles. The summed E-state index contributed by atoms with van der Waals surface area (Å²) in [6, 6.07) is 4.74. The number of anilines is 1. The van der Waals surface area contributed by atoms with Gasteiger partial charge >= 0.3 is 6.18 Å². The summed E-state index contributed by atoms with van der Waals surface area (Å²) in [5.74, 6) is -1.56. The quantitative estimate of drug-likeness (QED) is 0.859. The second kappa shape index (κ2) is 5.99. The molecule has 0 amide bonds. The van der Waals surface area contributed by atoms with E-state index in [0.717, 1.165) is 0 Å². The molecule has 0 saturated carbocycles. The molecule has 0 bridgehead atoms. The first-order valence-electron chi connectivity index (χ1n) is 6.67. The minimum Gasteiger partial charge on any atom is -0.371 e. The molecule has 0 atom stereocenters. The van der Waals surface area contributed by atoms with Crippen molar-refractivity contribution < 1.29 is 17.6 Å². The fraction of sp³-hybridized carbons (Fsp3) is 0.571. The Balaban J connectivity index is 2.13. The molecule has 6 heteroatoms. The Kier molecular flexibility index (Phi) is 4.52. The van der Waals surface area contributed by atoms with E-state index < -0.39 is 12.1 Å². The third-order valence-corrected chi connectivity index (χ3v) is 3.75. The van der Waals surface area contributed by atoms with Crippen LogP contribution in [-0.2, 0) is 6.54 Å². The van der Waals surface area contributed by atoms with Gasteiger partial charge in [-0.2, -0.15) is 13.2 Å². The lowest BCUT2D eigenvalue weighted by molar-refractivity contribution is -0.179. The fourth-order valence-corrected chi connectivity index (χ4v) is 2.64. The van der Waals surface area contributed by atoms with Crippen LogP contribution >= 0.6 is 0 Å². The summed E-state index contributed by atoms with van der Waals surface area (Å²) in [5, 5.41) is 2.89. The van der Waals surface area contributed by atoms with Gasteiger partial charge in [-0.1, -0.05) is 6.07 Å². The van der Waals surface area contributed by atoms with Crippen molar-refractivity contribution in [3.05, 3.63) is 29.6 Å². The van der Waals surface area contributed by atoms with Crippen molar-refractivity contribution in [1.82, 2.24) is 5.32 Å². The zero-order valence-electron chi connectivity index (χ0n) is 11.3. The molecule has 0 unspecified atom stereocenters. The first kappa shape index (κ1) is 15.1. The second-order valence-corrected chi connectivity index (χ2v) is 5.07. The van der Waals surface area contributed by atoms with Gasteiger partial charge in [-0.05, 0) is 32.0 Å². The van der Waals surface area contributed by atoms with Crippen LogP contribution in [0.25, 0.3) is 0 Å². The van der Waals surface area contributed by atoms with Crippen molar-refractivity contribution in [3.63, 3.8) is 0 Å². The molecule has 1 saturated heterocycles. The van der Waals surface area contributed by atoms with Crippen molar-refractivity contribution in [2.24, 2.45) is 5.92 Å². The number of hydrogen-bond acceptors (Lipinski definition) is 2. The predicted molar refractivity (Wildman–Crippen MR) is 70.2 cm³/mol. The Hall–Kier alpha value is -1.30. The van der Waals surface area contributed by atoms with Crippen LogP contribution in [0.1, 0.15) is 18.4 Å². The van der Waals surface area contributed by atoms with Gasteiger partial charge in [0.2, 0.25) is 0 Å². The van der Waals surface area contributed by atoms with Gasteiger partial charge in [0.15, 0.2) is 0 Å². The lowest BCUT2D eigenvalue weighted by atomic mass is 9.95. The molecule has 1 N–H and O–H groups in total. The molecule has 2 nitrogen and oxygen atoms in total. The maximum absolute atomic E-state index is 13.8. The number of alkyl halides is 3. The van der Waals surface area contributed by atoms with Crippen molar-refractivity contribution in [3.8, 4) is 0 Å². The first-order chi connectivity index (χ1) is 9.43. The van der Waals surface area contributed by atoms with E-state index in [-0.39, 0.29) is 18.7 Å². The lowest BCUT2D eigenvalue weighted by Gasteiger charge is -2.35. The van der Waals surface area contributed by atoms with Crippen LogP contribution in [0.3, 0.4) is 0 Å². The van der Waals surface area contributed by atoms with Gasteiger partial charge in [-0.25, -0.2) is 4.39 Å². The van der Waals surface area contributed by atoms with E-state index in [9.17, 15) is 17.6 Å². The molecule has 0 aliphatic carbocycles. The molecule has 1 heterocycles. The highest BCUT2D eigenvalue weighted by Crippen LogP contribution is 2.36. The predicted octanol–water partition coefficient (Wildman–Crippen LogP) is 3.32. The van der Waals surface area contributed by atoms with Crippen LogP contribution < -0.4 is 10.2 Å². The SMILES string of the molecule is CNCc1c(F)cccc1N1CCC(C(F)(F)F)CC1. The normalized spacial score (nSPS) is 17.6. The number of nitrogens with zero attached hydrogens (tertiary/aromatic N) is 1. The van der Waals surface area contributed by atoms with E-state index in [1.165, 1.54) is 6.07 Å². The summed E-state index contributed by atoms with van der Waals surface area (Å²) in [6.07, 6.45) is -3.99. The Bertz CT molecular complexity index is 451. The van der Waals surface area contributed by atoms with Crippen LogP contribution in [0.4, 0.5) is 23.2 Å². The lowest BCUT2D eigenvalue weighted by Crippen LogP contribution is -2.39. The van der Waals surface area contributed by atoms with E-state index in [2.05, 4.69) is 5.32 Å². The van der Waals surface area contributed by atoms with Crippen molar-refractivity contribution in [2.45, 2.75) is 25.6 Å². The van der Waals surface area contributed by atoms with E-state index in [1.54, 1.807) is 19.2 Å². The van der Waals surface area contributed by atoms with Crippen molar-refractivity contribution >= 4 is 5.69 Å². The average molecular weight is 290 g/mol. The summed E-state index contributed by atoms with van der Waals surface area (Å²) in [6.45, 7) is 0.982. The van der Waals surface area contributed by atoms with E-state index in [1.807, 2.05) is 4.90 Å². The summed E-state index contributed by atoms with van der Waals surface area (Å²) in [7, 11) is 1.71. The summed E-state index contributed by atoms with van der Waals surface area (Å²) < 4.78 is 51.8. The van der Waals surface area contributed by atoms with E-state index in [0.29, 0.717) is 30.9 Å². The summed E-state index contributed by atoms with van der Waals surface area (Å²) in [4.78, 5) is 1.85. The standard InChI is InChI=1S/C14H18F4N2/c1-19-9-11-12(15)3-2-4-13(11)20-7-5-10(6-8-20)14(16,17)18/h2-4,10,19H,5-9H2,1H3. The highest BCUT2D eigenvalue weighted by molar-refractivity contribution is 5.54. The van der Waals surface area contributed by atoms with Crippen LogP contribution in [-0.4, -0.2) is 26.3 Å². The Morgan fingerprint density at radius 1 is 1.25 bits per heavy atom. The largest absolute Gasteiger partial charge is 0.391 e. The first-order valence-corrected chi connectivity index (χ1v) is 6.67. The molecule has 112 valence electrons. The summed E-state index contributed by atoms with van der Waals surface area (Å²) >= 11 is 0. The number of halogens is 4. The highest BCUT2D eigenvalue weighted by atomic mass is 19.4. The maximum Gasteiger partial charge on any atom is 0.391 e. The monoisotopic (exact) mass is 290 g/mol. The number of hydrogen-bond donors (Lipinski definition) is 1. The molecule has 1 aromatic carbocycles. The van der Waals surface area contributed by atoms with Gasteiger partial charge in [0, 0.05) is 30.9 Å². The third-order valence-electron chi connectivity index (χ3n) is 3.75. The van der Waals surface area contributed by atoms with Crippen LogP contribution in [0.2, 0.25) is 0 Å². The summed E-state index contributed by atoms with van der Waals surface area (Å²) in [5.41, 5.74) is 1.21. The van der Waals surface area contributed by atoms with Crippen LogP contribution in [0.15, 0.2) is 18.2 Å². The van der Waals surface area contributed by atoms with Crippen molar-refractivity contribution in [1.29, 1.82) is 0 Å². The third kappa shape index (κ3) is 3.23. The number of piperidine rings is 1. The van der Waals surface area contributed by atoms with Crippen molar-refractivity contribution in [2.75, 3.05) is 25.0 Å². The van der Waals surface area contributed by atoms with E-state index in [4.69, 9.17) is 0 Å². The van der Waals surface area contributed by atoms with Gasteiger partial charge in [0.05, 0.1) is 5.92 Å². The molecular formula is C14H18F4N2. The molecule has 0 radical (unpaired) electrons. The molecule has 1 aromatic rings. The van der Waals surface area contributed by atoms with Gasteiger partial charge < -0.3 is 10.2 Å².